The minimum Gasteiger partial charge on any atom is -0.465 e. The van der Waals surface area contributed by atoms with Gasteiger partial charge in [-0.1, -0.05) is 13.3 Å². The fraction of sp³-hybridized carbons (Fsp3) is 0.909. The van der Waals surface area contributed by atoms with Crippen LogP contribution in [0.2, 0.25) is 0 Å². The van der Waals surface area contributed by atoms with Gasteiger partial charge in [0.1, 0.15) is 0 Å². The summed E-state index contributed by atoms with van der Waals surface area (Å²) in [4.78, 5) is 12.8. The number of esters is 1. The van der Waals surface area contributed by atoms with Gasteiger partial charge in [-0.25, -0.2) is 8.78 Å². The lowest BCUT2D eigenvalue weighted by molar-refractivity contribution is -0.147. The molecule has 0 aliphatic carbocycles. The molecule has 5 heteroatoms. The van der Waals surface area contributed by atoms with Crippen LogP contribution in [0.4, 0.5) is 8.78 Å². The smallest absolute Gasteiger partial charge is 0.320 e. The molecule has 1 saturated heterocycles. The lowest BCUT2D eigenvalue weighted by atomic mass is 10.1. The Morgan fingerprint density at radius 1 is 1.50 bits per heavy atom. The Kier molecular flexibility index (Phi) is 5.12. The Labute approximate surface area is 94.7 Å². The predicted octanol–water partition coefficient (Wildman–Crippen LogP) is 2.06. The summed E-state index contributed by atoms with van der Waals surface area (Å²) in [7, 11) is 0. The van der Waals surface area contributed by atoms with Gasteiger partial charge in [0.25, 0.3) is 5.92 Å². The Morgan fingerprint density at radius 3 is 2.88 bits per heavy atom. The summed E-state index contributed by atoms with van der Waals surface area (Å²) in [6.07, 6.45) is 2.14. The number of nitrogens with zero attached hydrogens (tertiary/aromatic N) is 1. The van der Waals surface area contributed by atoms with E-state index in [1.165, 1.54) is 4.90 Å². The largest absolute Gasteiger partial charge is 0.465 e. The third kappa shape index (κ3) is 4.88. The van der Waals surface area contributed by atoms with Crippen molar-refractivity contribution >= 4 is 5.97 Å². The molecule has 0 saturated carbocycles. The van der Waals surface area contributed by atoms with Crippen LogP contribution in [0, 0.1) is 0 Å². The molecule has 0 N–H and O–H groups in total. The first-order chi connectivity index (χ1) is 7.53. The van der Waals surface area contributed by atoms with Crippen molar-refractivity contribution < 1.29 is 18.3 Å². The normalized spacial score (nSPS) is 20.7. The monoisotopic (exact) mass is 235 g/mol. The molecule has 0 atom stereocenters. The summed E-state index contributed by atoms with van der Waals surface area (Å²) in [6, 6.07) is 0. The SMILES string of the molecule is CCCCOC(=O)CN1CCCC(F)(F)C1. The molecule has 94 valence electrons. The van der Waals surface area contributed by atoms with E-state index in [1.807, 2.05) is 6.92 Å². The van der Waals surface area contributed by atoms with Gasteiger partial charge in [-0.2, -0.15) is 0 Å². The lowest BCUT2D eigenvalue weighted by Crippen LogP contribution is -2.45. The third-order valence-electron chi connectivity index (χ3n) is 2.59. The first-order valence-electron chi connectivity index (χ1n) is 5.79. The number of hydrogen-bond acceptors (Lipinski definition) is 3. The number of carbonyl (C=O) groups is 1. The minimum atomic E-state index is -2.65. The van der Waals surface area contributed by atoms with Crippen molar-refractivity contribution in [3.05, 3.63) is 0 Å². The number of unbranched alkanes of at least 4 members (excludes halogenated alkanes) is 1. The molecule has 1 aliphatic rings. The highest BCUT2D eigenvalue weighted by Gasteiger charge is 2.35. The fourth-order valence-corrected chi connectivity index (χ4v) is 1.74. The highest BCUT2D eigenvalue weighted by molar-refractivity contribution is 5.71. The van der Waals surface area contributed by atoms with Crippen LogP contribution >= 0.6 is 0 Å². The first kappa shape index (κ1) is 13.4. The molecule has 0 amide bonds. The number of hydrogen-bond donors (Lipinski definition) is 0. The molecule has 16 heavy (non-hydrogen) atoms. The number of rotatable bonds is 5. The van der Waals surface area contributed by atoms with Crippen LogP contribution in [-0.2, 0) is 9.53 Å². The molecule has 0 aromatic carbocycles. The summed E-state index contributed by atoms with van der Waals surface area (Å²) >= 11 is 0. The molecule has 0 aromatic heterocycles. The van der Waals surface area contributed by atoms with Crippen molar-refractivity contribution in [2.24, 2.45) is 0 Å². The maximum atomic E-state index is 13.0. The number of likely N-dealkylation sites (tertiary alicyclic amines) is 1. The van der Waals surface area contributed by atoms with E-state index >= 15 is 0 Å². The average molecular weight is 235 g/mol. The second-order valence-corrected chi connectivity index (χ2v) is 4.24. The Morgan fingerprint density at radius 2 is 2.25 bits per heavy atom. The molecule has 0 aromatic rings. The summed E-state index contributed by atoms with van der Waals surface area (Å²) < 4.78 is 31.0. The molecule has 0 radical (unpaired) electrons. The minimum absolute atomic E-state index is 0.0146. The standard InChI is InChI=1S/C11H19F2NO2/c1-2-3-7-16-10(15)8-14-6-4-5-11(12,13)9-14/h2-9H2,1H3. The zero-order valence-corrected chi connectivity index (χ0v) is 9.68. The van der Waals surface area contributed by atoms with E-state index in [0.717, 1.165) is 12.8 Å². The second kappa shape index (κ2) is 6.13. The third-order valence-corrected chi connectivity index (χ3v) is 2.59. The van der Waals surface area contributed by atoms with Crippen molar-refractivity contribution in [2.75, 3.05) is 26.2 Å². The molecule has 3 nitrogen and oxygen atoms in total. The van der Waals surface area contributed by atoms with Crippen molar-refractivity contribution in [1.29, 1.82) is 0 Å². The maximum Gasteiger partial charge on any atom is 0.320 e. The zero-order valence-electron chi connectivity index (χ0n) is 9.68. The fourth-order valence-electron chi connectivity index (χ4n) is 1.74. The molecule has 0 bridgehead atoms. The van der Waals surface area contributed by atoms with Crippen molar-refractivity contribution in [2.45, 2.75) is 38.5 Å². The number of alkyl halides is 2. The van der Waals surface area contributed by atoms with Crippen LogP contribution in [0.1, 0.15) is 32.6 Å². The van der Waals surface area contributed by atoms with E-state index in [9.17, 15) is 13.6 Å². The highest BCUT2D eigenvalue weighted by atomic mass is 19.3. The van der Waals surface area contributed by atoms with Crippen molar-refractivity contribution in [3.8, 4) is 0 Å². The molecular weight excluding hydrogens is 216 g/mol. The van der Waals surface area contributed by atoms with Crippen LogP contribution in [0.15, 0.2) is 0 Å². The van der Waals surface area contributed by atoms with Crippen LogP contribution in [0.25, 0.3) is 0 Å². The summed E-state index contributed by atoms with van der Waals surface area (Å²) in [6.45, 7) is 2.60. The first-order valence-corrected chi connectivity index (χ1v) is 5.79. The molecule has 1 fully saturated rings. The van der Waals surface area contributed by atoms with E-state index in [1.54, 1.807) is 0 Å². The number of ether oxygens (including phenoxy) is 1. The van der Waals surface area contributed by atoms with Crippen LogP contribution in [-0.4, -0.2) is 43.0 Å². The van der Waals surface area contributed by atoms with E-state index in [0.29, 0.717) is 19.6 Å². The van der Waals surface area contributed by atoms with Crippen LogP contribution in [0.3, 0.4) is 0 Å². The molecule has 1 heterocycles. The van der Waals surface area contributed by atoms with Crippen molar-refractivity contribution in [3.63, 3.8) is 0 Å². The average Bonchev–Trinajstić information content (AvgIpc) is 2.16. The second-order valence-electron chi connectivity index (χ2n) is 4.24. The van der Waals surface area contributed by atoms with Gasteiger partial charge in [-0.3, -0.25) is 9.69 Å². The molecule has 1 rings (SSSR count). The summed E-state index contributed by atoms with van der Waals surface area (Å²) in [5.41, 5.74) is 0. The Balaban J connectivity index is 2.23. The van der Waals surface area contributed by atoms with E-state index in [-0.39, 0.29) is 19.5 Å². The maximum absolute atomic E-state index is 13.0. The van der Waals surface area contributed by atoms with Gasteiger partial charge in [0.2, 0.25) is 0 Å². The molecule has 1 aliphatic heterocycles. The number of halogens is 2. The number of piperidine rings is 1. The van der Waals surface area contributed by atoms with Gasteiger partial charge < -0.3 is 4.74 Å². The summed E-state index contributed by atoms with van der Waals surface area (Å²) in [5.74, 6) is -3.05. The van der Waals surface area contributed by atoms with Gasteiger partial charge in [0.05, 0.1) is 19.7 Å². The molecule has 0 unspecified atom stereocenters. The van der Waals surface area contributed by atoms with E-state index < -0.39 is 11.9 Å². The predicted molar refractivity (Wildman–Crippen MR) is 56.5 cm³/mol. The zero-order chi connectivity index (χ0) is 12.0. The van der Waals surface area contributed by atoms with Crippen LogP contribution < -0.4 is 0 Å². The Bertz CT molecular complexity index is 234. The molecular formula is C11H19F2NO2. The van der Waals surface area contributed by atoms with Crippen molar-refractivity contribution in [1.82, 2.24) is 4.90 Å². The van der Waals surface area contributed by atoms with Gasteiger partial charge in [-0.15, -0.1) is 0 Å². The topological polar surface area (TPSA) is 29.5 Å². The number of carbonyl (C=O) groups excluding carboxylic acids is 1. The van der Waals surface area contributed by atoms with Gasteiger partial charge in [0.15, 0.2) is 0 Å². The van der Waals surface area contributed by atoms with Gasteiger partial charge in [0, 0.05) is 6.42 Å². The lowest BCUT2D eigenvalue weighted by Gasteiger charge is -2.31. The molecule has 0 spiro atoms. The highest BCUT2D eigenvalue weighted by Crippen LogP contribution is 2.26. The quantitative estimate of drug-likeness (QED) is 0.539. The van der Waals surface area contributed by atoms with Gasteiger partial charge in [-0.05, 0) is 19.4 Å². The summed E-state index contributed by atoms with van der Waals surface area (Å²) in [5, 5.41) is 0. The van der Waals surface area contributed by atoms with E-state index in [2.05, 4.69) is 0 Å². The van der Waals surface area contributed by atoms with E-state index in [4.69, 9.17) is 4.74 Å². The van der Waals surface area contributed by atoms with Gasteiger partial charge >= 0.3 is 5.97 Å². The van der Waals surface area contributed by atoms with Crippen LogP contribution in [0.5, 0.6) is 0 Å². The Hall–Kier alpha value is -0.710.